The molecule has 226 valence electrons. The first kappa shape index (κ1) is 33.3. The van der Waals surface area contributed by atoms with Crippen molar-refractivity contribution in [1.82, 2.24) is 26.3 Å². The van der Waals surface area contributed by atoms with Crippen molar-refractivity contribution in [2.45, 2.75) is 103 Å². The fourth-order valence-corrected chi connectivity index (χ4v) is 4.60. The molecule has 3 atom stereocenters. The fourth-order valence-electron chi connectivity index (χ4n) is 4.60. The quantitative estimate of drug-likeness (QED) is 0.142. The third-order valence-electron chi connectivity index (χ3n) is 6.87. The molecule has 4 amide bonds. The third-order valence-corrected chi connectivity index (χ3v) is 6.87. The summed E-state index contributed by atoms with van der Waals surface area (Å²) in [6.45, 7) is 5.55. The van der Waals surface area contributed by atoms with Crippen molar-refractivity contribution >= 4 is 40.5 Å². The van der Waals surface area contributed by atoms with Gasteiger partial charge in [0, 0.05) is 36.5 Å². The Bertz CT molecular complexity index is 1160. The number of H-pyrrole nitrogens is 1. The number of benzene rings is 1. The molecule has 0 saturated carbocycles. The lowest BCUT2D eigenvalue weighted by molar-refractivity contribution is -0.141. The van der Waals surface area contributed by atoms with E-state index in [1.807, 2.05) is 24.3 Å². The zero-order chi connectivity index (χ0) is 30.2. The summed E-state index contributed by atoms with van der Waals surface area (Å²) >= 11 is 0. The summed E-state index contributed by atoms with van der Waals surface area (Å²) < 4.78 is 0. The molecule has 0 aliphatic heterocycles. The lowest BCUT2D eigenvalue weighted by atomic mass is 10.0. The highest BCUT2D eigenvalue weighted by Crippen LogP contribution is 2.19. The van der Waals surface area contributed by atoms with Crippen molar-refractivity contribution < 1.29 is 29.1 Å². The average molecular weight is 572 g/mol. The van der Waals surface area contributed by atoms with Crippen LogP contribution in [0.25, 0.3) is 10.9 Å². The molecule has 2 aromatic rings. The van der Waals surface area contributed by atoms with Crippen LogP contribution in [0.1, 0.15) is 84.1 Å². The van der Waals surface area contributed by atoms with E-state index in [-0.39, 0.29) is 18.9 Å². The normalized spacial score (nSPS) is 13.1. The van der Waals surface area contributed by atoms with E-state index in [4.69, 9.17) is 5.11 Å². The van der Waals surface area contributed by atoms with Gasteiger partial charge in [-0.05, 0) is 31.9 Å². The predicted molar refractivity (Wildman–Crippen MR) is 157 cm³/mol. The average Bonchev–Trinajstić information content (AvgIpc) is 3.34. The number of likely N-dealkylation sites (N-methyl/N-ethyl adjacent to an activating group) is 1. The number of carboxylic acid groups (broad SMARTS) is 1. The minimum Gasteiger partial charge on any atom is -0.481 e. The van der Waals surface area contributed by atoms with Gasteiger partial charge in [-0.15, -0.1) is 0 Å². The first-order valence-corrected chi connectivity index (χ1v) is 14.6. The number of aromatic nitrogens is 1. The van der Waals surface area contributed by atoms with E-state index in [2.05, 4.69) is 33.2 Å². The standard InChI is InChI=1S/C30H45N5O6/c1-4-6-7-8-9-10-11-16-26(36)34-24(17-21-19-32-23-15-13-12-14-22(21)23)30(41)33-20(3)28(39)35-25(18-27(37)38)29(40)31-5-2/h12-15,19-20,24-25,32H,4-11,16-18H2,1-3H3,(H,31,40)(H,33,41)(H,34,36)(H,35,39)(H,37,38). The van der Waals surface area contributed by atoms with Gasteiger partial charge in [0.15, 0.2) is 0 Å². The van der Waals surface area contributed by atoms with Gasteiger partial charge in [0.05, 0.1) is 6.42 Å². The molecule has 6 N–H and O–H groups in total. The molecule has 11 heteroatoms. The molecule has 1 aromatic carbocycles. The fraction of sp³-hybridized carbons (Fsp3) is 0.567. The van der Waals surface area contributed by atoms with E-state index < -0.39 is 48.2 Å². The van der Waals surface area contributed by atoms with Crippen LogP contribution in [-0.2, 0) is 30.4 Å². The number of hydrogen-bond donors (Lipinski definition) is 6. The van der Waals surface area contributed by atoms with Gasteiger partial charge in [0.25, 0.3) is 0 Å². The molecule has 0 bridgehead atoms. The third kappa shape index (κ3) is 11.6. The zero-order valence-electron chi connectivity index (χ0n) is 24.4. The summed E-state index contributed by atoms with van der Waals surface area (Å²) in [6, 6.07) is 4.32. The second-order valence-corrected chi connectivity index (χ2v) is 10.3. The highest BCUT2D eigenvalue weighted by atomic mass is 16.4. The molecule has 2 rings (SSSR count). The molecule has 0 fully saturated rings. The number of nitrogens with one attached hydrogen (secondary N) is 5. The van der Waals surface area contributed by atoms with Crippen LogP contribution in [0.15, 0.2) is 30.5 Å². The lowest BCUT2D eigenvalue weighted by Crippen LogP contribution is -2.56. The van der Waals surface area contributed by atoms with E-state index in [0.717, 1.165) is 42.1 Å². The molecule has 0 aliphatic rings. The Labute approximate surface area is 241 Å². The summed E-state index contributed by atoms with van der Waals surface area (Å²) in [5.74, 6) is -3.39. The second kappa shape index (κ2) is 17.7. The number of carbonyl (C=O) groups is 5. The van der Waals surface area contributed by atoms with Crippen molar-refractivity contribution in [1.29, 1.82) is 0 Å². The Kier molecular flexibility index (Phi) is 14.4. The smallest absolute Gasteiger partial charge is 0.305 e. The summed E-state index contributed by atoms with van der Waals surface area (Å²) in [6.07, 6.45) is 9.17. The number of fused-ring (bicyclic) bond motifs is 1. The molecule has 1 heterocycles. The number of unbranched alkanes of at least 4 members (excludes halogenated alkanes) is 6. The van der Waals surface area contributed by atoms with Gasteiger partial charge in [-0.1, -0.05) is 63.6 Å². The minimum absolute atomic E-state index is 0.202. The second-order valence-electron chi connectivity index (χ2n) is 10.3. The summed E-state index contributed by atoms with van der Waals surface area (Å²) in [5.41, 5.74) is 1.74. The van der Waals surface area contributed by atoms with Crippen molar-refractivity contribution in [3.05, 3.63) is 36.0 Å². The summed E-state index contributed by atoms with van der Waals surface area (Å²) in [5, 5.41) is 20.4. The maximum atomic E-state index is 13.3. The number of hydrogen-bond acceptors (Lipinski definition) is 5. The first-order chi connectivity index (χ1) is 19.7. The highest BCUT2D eigenvalue weighted by Gasteiger charge is 2.29. The van der Waals surface area contributed by atoms with Gasteiger partial charge in [-0.25, -0.2) is 0 Å². The van der Waals surface area contributed by atoms with Gasteiger partial charge in [-0.3, -0.25) is 24.0 Å². The largest absolute Gasteiger partial charge is 0.481 e. The monoisotopic (exact) mass is 571 g/mol. The number of rotatable bonds is 19. The zero-order valence-corrected chi connectivity index (χ0v) is 24.4. The van der Waals surface area contributed by atoms with E-state index in [1.54, 1.807) is 13.1 Å². The molecular formula is C30H45N5O6. The van der Waals surface area contributed by atoms with Crippen molar-refractivity contribution in [2.75, 3.05) is 6.54 Å². The SMILES string of the molecule is CCCCCCCCCC(=O)NC(Cc1c[nH]c2ccccc12)C(=O)NC(C)C(=O)NC(CC(=O)O)C(=O)NCC. The maximum Gasteiger partial charge on any atom is 0.305 e. The molecule has 3 unspecified atom stereocenters. The minimum atomic E-state index is -1.29. The van der Waals surface area contributed by atoms with Crippen LogP contribution in [0.3, 0.4) is 0 Å². The van der Waals surface area contributed by atoms with Crippen LogP contribution in [0, 0.1) is 0 Å². The molecular weight excluding hydrogens is 526 g/mol. The van der Waals surface area contributed by atoms with Gasteiger partial charge >= 0.3 is 5.97 Å². The van der Waals surface area contributed by atoms with E-state index in [1.165, 1.54) is 26.2 Å². The van der Waals surface area contributed by atoms with Crippen LogP contribution in [0.4, 0.5) is 0 Å². The van der Waals surface area contributed by atoms with Crippen LogP contribution in [-0.4, -0.2) is 64.4 Å². The van der Waals surface area contributed by atoms with Gasteiger partial charge in [-0.2, -0.15) is 0 Å². The first-order valence-electron chi connectivity index (χ1n) is 14.6. The van der Waals surface area contributed by atoms with Crippen LogP contribution in [0.5, 0.6) is 0 Å². The molecule has 0 radical (unpaired) electrons. The van der Waals surface area contributed by atoms with Crippen molar-refractivity contribution in [3.63, 3.8) is 0 Å². The van der Waals surface area contributed by atoms with Gasteiger partial charge < -0.3 is 31.4 Å². The van der Waals surface area contributed by atoms with Crippen LogP contribution < -0.4 is 21.3 Å². The van der Waals surface area contributed by atoms with Crippen LogP contribution >= 0.6 is 0 Å². The van der Waals surface area contributed by atoms with Crippen molar-refractivity contribution in [2.24, 2.45) is 0 Å². The Morgan fingerprint density at radius 2 is 1.51 bits per heavy atom. The summed E-state index contributed by atoms with van der Waals surface area (Å²) in [4.78, 5) is 65.5. The number of para-hydroxylation sites is 1. The molecule has 11 nitrogen and oxygen atoms in total. The maximum absolute atomic E-state index is 13.3. The van der Waals surface area contributed by atoms with Gasteiger partial charge in [0.2, 0.25) is 23.6 Å². The number of carboxylic acids is 1. The number of amides is 4. The molecule has 0 saturated heterocycles. The topological polar surface area (TPSA) is 169 Å². The number of carbonyl (C=O) groups excluding carboxylic acids is 4. The molecule has 1 aromatic heterocycles. The highest BCUT2D eigenvalue weighted by molar-refractivity contribution is 5.95. The molecule has 0 spiro atoms. The Morgan fingerprint density at radius 1 is 0.829 bits per heavy atom. The van der Waals surface area contributed by atoms with Crippen LogP contribution in [0.2, 0.25) is 0 Å². The van der Waals surface area contributed by atoms with E-state index >= 15 is 0 Å². The van der Waals surface area contributed by atoms with Crippen molar-refractivity contribution in [3.8, 4) is 0 Å². The predicted octanol–water partition coefficient (Wildman–Crippen LogP) is 2.94. The Hall–Kier alpha value is -3.89. The lowest BCUT2D eigenvalue weighted by Gasteiger charge is -2.23. The molecule has 41 heavy (non-hydrogen) atoms. The Balaban J connectivity index is 2.06. The van der Waals surface area contributed by atoms with E-state index in [0.29, 0.717) is 6.42 Å². The molecule has 0 aliphatic carbocycles. The van der Waals surface area contributed by atoms with E-state index in [9.17, 15) is 24.0 Å². The summed E-state index contributed by atoms with van der Waals surface area (Å²) in [7, 11) is 0. The number of aliphatic carboxylic acids is 1. The number of aromatic amines is 1. The Morgan fingerprint density at radius 3 is 2.20 bits per heavy atom. The van der Waals surface area contributed by atoms with Gasteiger partial charge in [0.1, 0.15) is 18.1 Å².